The molecule has 4 N–H and O–H groups in total. The van der Waals surface area contributed by atoms with Crippen LogP contribution < -0.4 is 11.0 Å². The lowest BCUT2D eigenvalue weighted by Gasteiger charge is -2.22. The second kappa shape index (κ2) is 15.3. The van der Waals surface area contributed by atoms with Crippen molar-refractivity contribution in [2.45, 2.75) is 52.6 Å². The van der Waals surface area contributed by atoms with Gasteiger partial charge in [-0.3, -0.25) is 40.2 Å². The van der Waals surface area contributed by atoms with Gasteiger partial charge in [0.15, 0.2) is 0 Å². The first-order chi connectivity index (χ1) is 18.2. The van der Waals surface area contributed by atoms with Crippen molar-refractivity contribution in [1.29, 1.82) is 10.8 Å². The minimum Gasteiger partial charge on any atom is -0.341 e. The number of pyridine rings is 2. The van der Waals surface area contributed by atoms with E-state index in [1.807, 2.05) is 0 Å². The second-order valence-electron chi connectivity index (χ2n) is 7.66. The fraction of sp³-hybridized carbons (Fsp3) is 0.333. The highest BCUT2D eigenvalue weighted by Gasteiger charge is 2.21. The molecule has 0 aromatic carbocycles. The number of hydrogen-bond acceptors (Lipinski definition) is 10. The number of carbonyl (C=O) groups is 4. The zero-order chi connectivity index (χ0) is 27.9. The van der Waals surface area contributed by atoms with E-state index >= 15 is 0 Å². The molecule has 0 spiro atoms. The fourth-order valence-corrected chi connectivity index (χ4v) is 2.90. The normalized spacial score (nSPS) is 10.1. The molecule has 0 aliphatic carbocycles. The third-order valence-electron chi connectivity index (χ3n) is 4.90. The van der Waals surface area contributed by atoms with Gasteiger partial charge in [0.2, 0.25) is 23.7 Å². The molecular formula is C24H30N8O6. The minimum atomic E-state index is -0.888. The number of guanidine groups is 2. The summed E-state index contributed by atoms with van der Waals surface area (Å²) in [5.74, 6) is -3.49. The summed E-state index contributed by atoms with van der Waals surface area (Å²) in [4.78, 5) is 68.4. The van der Waals surface area contributed by atoms with E-state index in [0.717, 1.165) is 9.80 Å². The smallest absolute Gasteiger partial charge is 0.332 e. The van der Waals surface area contributed by atoms with Gasteiger partial charge in [-0.2, -0.15) is 11.0 Å². The van der Waals surface area contributed by atoms with Crippen molar-refractivity contribution in [3.05, 3.63) is 60.2 Å². The molecule has 2 amide bonds. The molecule has 0 saturated heterocycles. The number of carbonyl (C=O) groups excluding carboxylic acids is 4. The predicted octanol–water partition coefficient (Wildman–Crippen LogP) is 1.40. The maximum Gasteiger partial charge on any atom is 0.332 e. The standard InChI is InChI=1S/C24H30N8O6/c1-3-19(33)31(15-17-9-5-7-13-27-17)23(25)29-37-21(35)11-12-22(36)38-30-24(26)32(20(34)4-2)16-18-10-6-8-14-28-18/h5-10,13-14H,3-4,11-12,15-16H2,1-2H3,(H2,25,29)(H2,26,30). The van der Waals surface area contributed by atoms with Gasteiger partial charge in [0.05, 0.1) is 37.3 Å². The fourth-order valence-electron chi connectivity index (χ4n) is 2.90. The Morgan fingerprint density at radius 1 is 0.737 bits per heavy atom. The summed E-state index contributed by atoms with van der Waals surface area (Å²) in [5, 5.41) is 16.1. The topological polar surface area (TPSA) is 191 Å². The zero-order valence-corrected chi connectivity index (χ0v) is 21.1. The highest BCUT2D eigenvalue weighted by Crippen LogP contribution is 2.05. The Hall–Kier alpha value is -4.88. The molecule has 0 saturated carbocycles. The third kappa shape index (κ3) is 9.64. The van der Waals surface area contributed by atoms with Crippen molar-refractivity contribution < 1.29 is 28.9 Å². The Labute approximate surface area is 219 Å². The number of nitrogens with zero attached hydrogens (tertiary/aromatic N) is 4. The number of hydrogen-bond donors (Lipinski definition) is 4. The van der Waals surface area contributed by atoms with Crippen molar-refractivity contribution in [2.24, 2.45) is 0 Å². The van der Waals surface area contributed by atoms with Gasteiger partial charge >= 0.3 is 11.9 Å². The van der Waals surface area contributed by atoms with E-state index in [4.69, 9.17) is 20.5 Å². The van der Waals surface area contributed by atoms with E-state index in [1.165, 1.54) is 0 Å². The number of aromatic nitrogens is 2. The molecule has 2 aromatic heterocycles. The molecule has 0 bridgehead atoms. The van der Waals surface area contributed by atoms with Gasteiger partial charge in [0.1, 0.15) is 0 Å². The molecule has 2 rings (SSSR count). The molecule has 0 radical (unpaired) electrons. The van der Waals surface area contributed by atoms with E-state index < -0.39 is 36.7 Å². The largest absolute Gasteiger partial charge is 0.341 e. The van der Waals surface area contributed by atoms with Crippen LogP contribution in [0.3, 0.4) is 0 Å². The Morgan fingerprint density at radius 3 is 1.45 bits per heavy atom. The Kier molecular flexibility index (Phi) is 11.8. The van der Waals surface area contributed by atoms with Crippen molar-refractivity contribution in [1.82, 2.24) is 30.7 Å². The van der Waals surface area contributed by atoms with E-state index in [1.54, 1.807) is 62.6 Å². The van der Waals surface area contributed by atoms with E-state index in [2.05, 4.69) is 20.9 Å². The summed E-state index contributed by atoms with van der Waals surface area (Å²) in [6.45, 7) is 3.25. The molecule has 0 atom stereocenters. The van der Waals surface area contributed by atoms with Crippen molar-refractivity contribution in [3.8, 4) is 0 Å². The Morgan fingerprint density at radius 2 is 1.13 bits per heavy atom. The minimum absolute atomic E-state index is 0.00125. The van der Waals surface area contributed by atoms with E-state index in [-0.39, 0.29) is 37.7 Å². The molecule has 0 aliphatic rings. The molecule has 2 aromatic rings. The number of rotatable bonds is 9. The maximum absolute atomic E-state index is 12.2. The lowest BCUT2D eigenvalue weighted by Crippen LogP contribution is -2.45. The molecule has 202 valence electrons. The van der Waals surface area contributed by atoms with Crippen LogP contribution in [-0.2, 0) is 41.9 Å². The molecule has 0 unspecified atom stereocenters. The lowest BCUT2D eigenvalue weighted by atomic mass is 10.3. The molecule has 2 heterocycles. The lowest BCUT2D eigenvalue weighted by molar-refractivity contribution is -0.155. The van der Waals surface area contributed by atoms with Crippen LogP contribution in [0.1, 0.15) is 50.9 Å². The molecule has 0 aliphatic heterocycles. The van der Waals surface area contributed by atoms with Crippen molar-refractivity contribution >= 4 is 35.7 Å². The highest BCUT2D eigenvalue weighted by molar-refractivity contribution is 5.96. The monoisotopic (exact) mass is 526 g/mol. The van der Waals surface area contributed by atoms with Gasteiger partial charge in [0, 0.05) is 25.2 Å². The van der Waals surface area contributed by atoms with Gasteiger partial charge in [-0.15, -0.1) is 0 Å². The Bertz CT molecular complexity index is 1040. The summed E-state index contributed by atoms with van der Waals surface area (Å²) in [6, 6.07) is 10.3. The first-order valence-corrected chi connectivity index (χ1v) is 11.7. The number of amides is 2. The summed E-state index contributed by atoms with van der Waals surface area (Å²) in [6.07, 6.45) is 2.50. The molecule has 38 heavy (non-hydrogen) atoms. The highest BCUT2D eigenvalue weighted by atomic mass is 16.7. The van der Waals surface area contributed by atoms with Gasteiger partial charge in [0.25, 0.3) is 0 Å². The van der Waals surface area contributed by atoms with Crippen LogP contribution in [0.25, 0.3) is 0 Å². The first kappa shape index (κ1) is 29.4. The first-order valence-electron chi connectivity index (χ1n) is 11.7. The summed E-state index contributed by atoms with van der Waals surface area (Å²) in [5.41, 5.74) is 5.29. The van der Waals surface area contributed by atoms with Gasteiger partial charge in [-0.05, 0) is 24.3 Å². The quantitative estimate of drug-likeness (QED) is 0.211. The van der Waals surface area contributed by atoms with E-state index in [9.17, 15) is 19.2 Å². The van der Waals surface area contributed by atoms with Crippen LogP contribution in [0.5, 0.6) is 0 Å². The van der Waals surface area contributed by atoms with E-state index in [0.29, 0.717) is 11.4 Å². The van der Waals surface area contributed by atoms with Crippen molar-refractivity contribution in [2.75, 3.05) is 0 Å². The second-order valence-corrected chi connectivity index (χ2v) is 7.66. The number of nitrogens with one attached hydrogen (secondary N) is 4. The Balaban J connectivity index is 1.79. The van der Waals surface area contributed by atoms with Crippen molar-refractivity contribution in [3.63, 3.8) is 0 Å². The molecule has 14 nitrogen and oxygen atoms in total. The van der Waals surface area contributed by atoms with Crippen LogP contribution in [0, 0.1) is 10.8 Å². The zero-order valence-electron chi connectivity index (χ0n) is 21.1. The average molecular weight is 527 g/mol. The van der Waals surface area contributed by atoms with Gasteiger partial charge in [-0.1, -0.05) is 26.0 Å². The van der Waals surface area contributed by atoms with Gasteiger partial charge < -0.3 is 9.68 Å². The molecule has 14 heteroatoms. The van der Waals surface area contributed by atoms with Crippen LogP contribution in [0.2, 0.25) is 0 Å². The number of hydroxylamine groups is 2. The predicted molar refractivity (Wildman–Crippen MR) is 133 cm³/mol. The summed E-state index contributed by atoms with van der Waals surface area (Å²) < 4.78 is 0. The van der Waals surface area contributed by atoms with Crippen LogP contribution in [-0.4, -0.2) is 55.4 Å². The van der Waals surface area contributed by atoms with Gasteiger partial charge in [-0.25, -0.2) is 9.59 Å². The molecule has 0 fully saturated rings. The maximum atomic E-state index is 12.2. The average Bonchev–Trinajstić information content (AvgIpc) is 2.95. The SMILES string of the molecule is CCC(=O)N(Cc1ccccn1)C(=N)NOC(=O)CCC(=O)ONC(=N)N(Cc1ccccn1)C(=O)CC. The summed E-state index contributed by atoms with van der Waals surface area (Å²) in [7, 11) is 0. The van der Waals surface area contributed by atoms with Crippen LogP contribution in [0.4, 0.5) is 0 Å². The van der Waals surface area contributed by atoms with Crippen LogP contribution in [0.15, 0.2) is 48.8 Å². The third-order valence-corrected chi connectivity index (χ3v) is 4.90. The molecular weight excluding hydrogens is 496 g/mol. The van der Waals surface area contributed by atoms with Crippen LogP contribution >= 0.6 is 0 Å². The summed E-state index contributed by atoms with van der Waals surface area (Å²) >= 11 is 0.